The minimum absolute atomic E-state index is 0. The van der Waals surface area contributed by atoms with Gasteiger partial charge in [0.15, 0.2) is 5.58 Å². The van der Waals surface area contributed by atoms with Crippen molar-refractivity contribution < 1.29 is 39.3 Å². The van der Waals surface area contributed by atoms with Crippen LogP contribution in [0.1, 0.15) is 24.6 Å². The van der Waals surface area contributed by atoms with E-state index in [-0.39, 0.29) is 32.0 Å². The van der Waals surface area contributed by atoms with Gasteiger partial charge in [-0.1, -0.05) is 6.07 Å². The summed E-state index contributed by atoms with van der Waals surface area (Å²) in [7, 11) is 1.72. The molecule has 3 rings (SSSR count). The summed E-state index contributed by atoms with van der Waals surface area (Å²) in [5.74, 6) is -0.992. The molecule has 0 spiro atoms. The van der Waals surface area contributed by atoms with Gasteiger partial charge < -0.3 is 20.6 Å². The molecule has 0 bridgehead atoms. The monoisotopic (exact) mass is 284 g/mol. The number of anilines is 1. The molecule has 108 valence electrons. The summed E-state index contributed by atoms with van der Waals surface area (Å²) in [5, 5.41) is 9.16. The number of carboxylic acids is 1. The predicted octanol–water partition coefficient (Wildman–Crippen LogP) is -0.742. The van der Waals surface area contributed by atoms with Crippen molar-refractivity contribution in [3.8, 4) is 0 Å². The maximum Gasteiger partial charge on any atom is 1.00 e. The molecule has 0 amide bonds. The Kier molecular flexibility index (Phi) is 4.94. The second-order valence-electron chi connectivity index (χ2n) is 4.88. The zero-order valence-electron chi connectivity index (χ0n) is 13.2. The Hall–Kier alpha value is -1.48. The number of fused-ring (bicyclic) bond motifs is 1. The number of carboxylic acid groups (broad SMARTS) is 1. The summed E-state index contributed by atoms with van der Waals surface area (Å²) in [6.07, 6.45) is 2.12. The van der Waals surface area contributed by atoms with Crippen LogP contribution in [0.25, 0.3) is 11.1 Å². The Labute approximate surface area is 135 Å². The van der Waals surface area contributed by atoms with Crippen molar-refractivity contribution >= 4 is 23.1 Å². The van der Waals surface area contributed by atoms with E-state index in [0.717, 1.165) is 25.9 Å². The number of para-hydroxylation sites is 1. The van der Waals surface area contributed by atoms with Crippen molar-refractivity contribution in [3.05, 3.63) is 23.8 Å². The van der Waals surface area contributed by atoms with E-state index in [0.29, 0.717) is 17.1 Å². The molecule has 0 aliphatic carbocycles. The van der Waals surface area contributed by atoms with Gasteiger partial charge in [-0.2, -0.15) is 4.98 Å². The first-order valence-electron chi connectivity index (χ1n) is 6.59. The van der Waals surface area contributed by atoms with Crippen LogP contribution < -0.4 is 23.8 Å². The average Bonchev–Trinajstić information content (AvgIpc) is 2.90. The van der Waals surface area contributed by atoms with Crippen LogP contribution in [-0.4, -0.2) is 42.4 Å². The number of aromatic nitrogens is 1. The molecule has 0 radical (unpaired) electrons. The van der Waals surface area contributed by atoms with E-state index in [2.05, 4.69) is 4.98 Å². The smallest absolute Gasteiger partial charge is 1.00 e. The van der Waals surface area contributed by atoms with Crippen LogP contribution in [0.5, 0.6) is 0 Å². The van der Waals surface area contributed by atoms with Gasteiger partial charge in [0, 0.05) is 20.2 Å². The fraction of sp³-hybridized carbons (Fsp3) is 0.429. The topological polar surface area (TPSA) is 75.8 Å². The summed E-state index contributed by atoms with van der Waals surface area (Å²) in [5.41, 5.74) is 1.09. The van der Waals surface area contributed by atoms with Crippen molar-refractivity contribution in [2.75, 3.05) is 25.1 Å². The van der Waals surface area contributed by atoms with Gasteiger partial charge >= 0.3 is 24.8 Å². The molecule has 1 fully saturated rings. The Balaban J connectivity index is 0.00000121. The van der Waals surface area contributed by atoms with Gasteiger partial charge in [0.1, 0.15) is 5.52 Å². The van der Waals surface area contributed by atoms with Crippen LogP contribution in [0.4, 0.5) is 6.01 Å². The number of aromatic carboxylic acids is 1. The summed E-state index contributed by atoms with van der Waals surface area (Å²) >= 11 is 0. The molecular formula is C14H17LiN2O4. The SMILES string of the molecule is COC1CCN(c2nc3c(C(=O)O)cccc3o2)CC1.[H-].[Li+]. The first kappa shape index (κ1) is 15.9. The van der Waals surface area contributed by atoms with Crippen LogP contribution >= 0.6 is 0 Å². The van der Waals surface area contributed by atoms with E-state index in [1.807, 2.05) is 4.90 Å². The largest absolute Gasteiger partial charge is 1.00 e. The van der Waals surface area contributed by atoms with Gasteiger partial charge in [-0.25, -0.2) is 4.79 Å². The number of hydrogen-bond donors (Lipinski definition) is 1. The summed E-state index contributed by atoms with van der Waals surface area (Å²) < 4.78 is 11.0. The van der Waals surface area contributed by atoms with E-state index in [1.54, 1.807) is 19.2 Å². The summed E-state index contributed by atoms with van der Waals surface area (Å²) in [6.45, 7) is 1.60. The molecular weight excluding hydrogens is 267 g/mol. The van der Waals surface area contributed by atoms with Gasteiger partial charge in [-0.3, -0.25) is 0 Å². The molecule has 1 N–H and O–H groups in total. The predicted molar refractivity (Wildman–Crippen MR) is 74.3 cm³/mol. The van der Waals surface area contributed by atoms with Crippen LogP contribution in [0.2, 0.25) is 0 Å². The molecule has 1 aromatic carbocycles. The Morgan fingerprint density at radius 3 is 2.81 bits per heavy atom. The number of hydrogen-bond acceptors (Lipinski definition) is 5. The third kappa shape index (κ3) is 3.08. The minimum Gasteiger partial charge on any atom is -1.00 e. The third-order valence-corrected chi connectivity index (χ3v) is 3.68. The van der Waals surface area contributed by atoms with Crippen LogP contribution in [-0.2, 0) is 4.74 Å². The van der Waals surface area contributed by atoms with E-state index >= 15 is 0 Å². The first-order valence-corrected chi connectivity index (χ1v) is 6.59. The van der Waals surface area contributed by atoms with E-state index < -0.39 is 5.97 Å². The van der Waals surface area contributed by atoms with Crippen molar-refractivity contribution in [1.82, 2.24) is 4.98 Å². The van der Waals surface area contributed by atoms with Gasteiger partial charge in [-0.15, -0.1) is 0 Å². The second kappa shape index (κ2) is 6.52. The summed E-state index contributed by atoms with van der Waals surface area (Å²) in [4.78, 5) is 17.5. The van der Waals surface area contributed by atoms with Crippen LogP contribution in [0.3, 0.4) is 0 Å². The minimum atomic E-state index is -0.992. The fourth-order valence-electron chi connectivity index (χ4n) is 2.53. The van der Waals surface area contributed by atoms with Crippen molar-refractivity contribution in [3.63, 3.8) is 0 Å². The average molecular weight is 284 g/mol. The van der Waals surface area contributed by atoms with Gasteiger partial charge in [-0.05, 0) is 25.0 Å². The number of rotatable bonds is 3. The standard InChI is InChI=1S/C14H16N2O4.Li.H/c1-19-9-5-7-16(8-6-9)14-15-12-10(13(17)18)3-2-4-11(12)20-14;;/h2-4,9H,5-8H2,1H3,(H,17,18);;/q;+1;-1. The zero-order valence-corrected chi connectivity index (χ0v) is 12.2. The molecule has 6 nitrogen and oxygen atoms in total. The Morgan fingerprint density at radius 1 is 1.48 bits per heavy atom. The molecule has 0 unspecified atom stereocenters. The quantitative estimate of drug-likeness (QED) is 0.748. The molecule has 1 aromatic heterocycles. The number of oxazole rings is 1. The van der Waals surface area contributed by atoms with Crippen LogP contribution in [0.15, 0.2) is 22.6 Å². The van der Waals surface area contributed by atoms with Crippen molar-refractivity contribution in [1.29, 1.82) is 0 Å². The number of piperidine rings is 1. The Morgan fingerprint density at radius 2 is 2.19 bits per heavy atom. The first-order chi connectivity index (χ1) is 9.69. The molecule has 1 saturated heterocycles. The maximum atomic E-state index is 11.2. The molecule has 1 aliphatic heterocycles. The fourth-order valence-corrected chi connectivity index (χ4v) is 2.53. The third-order valence-electron chi connectivity index (χ3n) is 3.68. The van der Waals surface area contributed by atoms with E-state index in [9.17, 15) is 4.79 Å². The summed E-state index contributed by atoms with van der Waals surface area (Å²) in [6, 6.07) is 5.43. The number of benzene rings is 1. The molecule has 21 heavy (non-hydrogen) atoms. The molecule has 0 atom stereocenters. The number of ether oxygens (including phenoxy) is 1. The van der Waals surface area contributed by atoms with E-state index in [1.165, 1.54) is 6.07 Å². The van der Waals surface area contributed by atoms with Gasteiger partial charge in [0.05, 0.1) is 11.7 Å². The van der Waals surface area contributed by atoms with Gasteiger partial charge in [0.2, 0.25) is 0 Å². The van der Waals surface area contributed by atoms with Crippen molar-refractivity contribution in [2.45, 2.75) is 18.9 Å². The van der Waals surface area contributed by atoms with E-state index in [4.69, 9.17) is 14.3 Å². The molecule has 2 aromatic rings. The molecule has 0 saturated carbocycles. The van der Waals surface area contributed by atoms with Crippen LogP contribution in [0, 0.1) is 0 Å². The van der Waals surface area contributed by atoms with Crippen molar-refractivity contribution in [2.24, 2.45) is 0 Å². The Bertz CT molecular complexity index is 641. The second-order valence-corrected chi connectivity index (χ2v) is 4.88. The molecule has 7 heteroatoms. The molecule has 2 heterocycles. The number of methoxy groups -OCH3 is 1. The maximum absolute atomic E-state index is 11.2. The normalized spacial score (nSPS) is 16.0. The zero-order chi connectivity index (χ0) is 14.1. The molecule has 1 aliphatic rings. The van der Waals surface area contributed by atoms with Gasteiger partial charge in [0.25, 0.3) is 6.01 Å². The number of carbonyl (C=O) groups is 1. The number of nitrogens with zero attached hydrogens (tertiary/aromatic N) is 2.